The molecule has 8 heteroatoms. The average Bonchev–Trinajstić information content (AvgIpc) is 3.04. The molecule has 0 bridgehead atoms. The van der Waals surface area contributed by atoms with Gasteiger partial charge in [0.2, 0.25) is 5.12 Å². The molecule has 2 unspecified atom stereocenters. The molecule has 1 N–H and O–H groups in total. The highest BCUT2D eigenvalue weighted by atomic mass is 32.2. The third-order valence-electron chi connectivity index (χ3n) is 4.89. The fourth-order valence-electron chi connectivity index (χ4n) is 3.24. The molecule has 2 aliphatic heterocycles. The molecule has 2 aromatic carbocycles. The van der Waals surface area contributed by atoms with Crippen LogP contribution >= 0.6 is 23.5 Å². The fourth-order valence-corrected chi connectivity index (χ4v) is 5.04. The van der Waals surface area contributed by atoms with Gasteiger partial charge < -0.3 is 15.0 Å². The SMILES string of the molecule is CC(COc1ccc(CC2NC(=O)SC2=O)cc1)N1CSc2ccccc2C1=O. The van der Waals surface area contributed by atoms with Gasteiger partial charge in [-0.3, -0.25) is 14.4 Å². The van der Waals surface area contributed by atoms with Gasteiger partial charge in [-0.25, -0.2) is 0 Å². The number of carbonyl (C=O) groups excluding carboxylic acids is 3. The minimum absolute atomic E-state index is 0.0342. The highest BCUT2D eigenvalue weighted by Crippen LogP contribution is 2.31. The van der Waals surface area contributed by atoms with Crippen molar-refractivity contribution in [1.82, 2.24) is 10.2 Å². The number of benzene rings is 2. The minimum Gasteiger partial charge on any atom is -0.491 e. The van der Waals surface area contributed by atoms with Crippen molar-refractivity contribution in [2.75, 3.05) is 12.5 Å². The lowest BCUT2D eigenvalue weighted by molar-refractivity contribution is -0.112. The van der Waals surface area contributed by atoms with E-state index in [1.54, 1.807) is 11.8 Å². The number of rotatable bonds is 6. The molecular weight excluding hydrogens is 408 g/mol. The lowest BCUT2D eigenvalue weighted by atomic mass is 10.1. The monoisotopic (exact) mass is 428 g/mol. The predicted octanol–water partition coefficient (Wildman–Crippen LogP) is 3.55. The number of fused-ring (bicyclic) bond motifs is 1. The van der Waals surface area contributed by atoms with Crippen molar-refractivity contribution in [1.29, 1.82) is 0 Å². The van der Waals surface area contributed by atoms with E-state index in [0.717, 1.165) is 27.8 Å². The Kier molecular flexibility index (Phi) is 5.82. The summed E-state index contributed by atoms with van der Waals surface area (Å²) >= 11 is 2.38. The molecule has 29 heavy (non-hydrogen) atoms. The van der Waals surface area contributed by atoms with Crippen LogP contribution in [-0.4, -0.2) is 45.7 Å². The normalized spacial score (nSPS) is 19.7. The largest absolute Gasteiger partial charge is 0.491 e. The van der Waals surface area contributed by atoms with Gasteiger partial charge in [-0.05, 0) is 36.8 Å². The Hall–Kier alpha value is -2.45. The van der Waals surface area contributed by atoms with Crippen molar-refractivity contribution in [3.8, 4) is 5.75 Å². The number of thioether (sulfide) groups is 2. The Morgan fingerprint density at radius 3 is 2.62 bits per heavy atom. The average molecular weight is 429 g/mol. The van der Waals surface area contributed by atoms with E-state index < -0.39 is 6.04 Å². The molecule has 1 saturated heterocycles. The third kappa shape index (κ3) is 4.43. The molecule has 2 amide bonds. The second-order valence-electron chi connectivity index (χ2n) is 6.96. The second-order valence-corrected chi connectivity index (χ2v) is 8.92. The zero-order valence-corrected chi connectivity index (χ0v) is 17.4. The summed E-state index contributed by atoms with van der Waals surface area (Å²) in [7, 11) is 0. The van der Waals surface area contributed by atoms with Gasteiger partial charge >= 0.3 is 0 Å². The number of nitrogens with zero attached hydrogens (tertiary/aromatic N) is 1. The lowest BCUT2D eigenvalue weighted by Crippen LogP contribution is -2.43. The second kappa shape index (κ2) is 8.51. The molecule has 0 spiro atoms. The van der Waals surface area contributed by atoms with Crippen molar-refractivity contribution in [2.45, 2.75) is 30.3 Å². The molecule has 1 fully saturated rings. The van der Waals surface area contributed by atoms with Crippen LogP contribution in [0.1, 0.15) is 22.8 Å². The van der Waals surface area contributed by atoms with Crippen molar-refractivity contribution in [3.63, 3.8) is 0 Å². The van der Waals surface area contributed by atoms with Crippen molar-refractivity contribution < 1.29 is 19.1 Å². The predicted molar refractivity (Wildman–Crippen MR) is 113 cm³/mol. The minimum atomic E-state index is -0.468. The van der Waals surface area contributed by atoms with Gasteiger partial charge in [-0.15, -0.1) is 11.8 Å². The summed E-state index contributed by atoms with van der Waals surface area (Å²) in [6.45, 7) is 2.37. The number of hydrogen-bond acceptors (Lipinski definition) is 6. The molecule has 2 aliphatic rings. The van der Waals surface area contributed by atoms with Crippen LogP contribution in [0.5, 0.6) is 5.75 Å². The first-order valence-electron chi connectivity index (χ1n) is 9.28. The van der Waals surface area contributed by atoms with Crippen LogP contribution in [0.25, 0.3) is 0 Å². The van der Waals surface area contributed by atoms with E-state index in [1.165, 1.54) is 0 Å². The molecule has 6 nitrogen and oxygen atoms in total. The Balaban J connectivity index is 1.32. The highest BCUT2D eigenvalue weighted by molar-refractivity contribution is 8.26. The van der Waals surface area contributed by atoms with Crippen molar-refractivity contribution in [3.05, 3.63) is 59.7 Å². The summed E-state index contributed by atoms with van der Waals surface area (Å²) in [4.78, 5) is 38.5. The summed E-state index contributed by atoms with van der Waals surface area (Å²) in [5, 5.41) is 2.22. The maximum Gasteiger partial charge on any atom is 0.287 e. The van der Waals surface area contributed by atoms with E-state index in [0.29, 0.717) is 24.7 Å². The van der Waals surface area contributed by atoms with Gasteiger partial charge in [0.1, 0.15) is 18.4 Å². The fraction of sp³-hybridized carbons (Fsp3) is 0.286. The number of amides is 2. The molecule has 2 aromatic rings. The molecule has 2 heterocycles. The van der Waals surface area contributed by atoms with E-state index in [1.807, 2.05) is 60.4 Å². The van der Waals surface area contributed by atoms with Gasteiger partial charge in [0, 0.05) is 23.1 Å². The van der Waals surface area contributed by atoms with E-state index >= 15 is 0 Å². The Labute approximate surface area is 177 Å². The zero-order chi connectivity index (χ0) is 20.4. The van der Waals surface area contributed by atoms with Gasteiger partial charge in [-0.2, -0.15) is 0 Å². The lowest BCUT2D eigenvalue weighted by Gasteiger charge is -2.32. The smallest absolute Gasteiger partial charge is 0.287 e. The van der Waals surface area contributed by atoms with Crippen molar-refractivity contribution in [2.24, 2.45) is 0 Å². The summed E-state index contributed by atoms with van der Waals surface area (Å²) < 4.78 is 5.88. The third-order valence-corrected chi connectivity index (χ3v) is 6.76. The number of hydrogen-bond donors (Lipinski definition) is 1. The van der Waals surface area contributed by atoms with E-state index in [-0.39, 0.29) is 22.3 Å². The van der Waals surface area contributed by atoms with Gasteiger partial charge in [0.15, 0.2) is 0 Å². The van der Waals surface area contributed by atoms with Gasteiger partial charge in [0.05, 0.1) is 17.5 Å². The molecule has 2 atom stereocenters. The Bertz CT molecular complexity index is 948. The summed E-state index contributed by atoms with van der Waals surface area (Å²) in [6, 6.07) is 14.6. The van der Waals surface area contributed by atoms with Crippen LogP contribution < -0.4 is 10.1 Å². The summed E-state index contributed by atoms with van der Waals surface area (Å²) in [5.74, 6) is 1.35. The van der Waals surface area contributed by atoms with Crippen LogP contribution in [0.15, 0.2) is 53.4 Å². The molecule has 0 aromatic heterocycles. The maximum atomic E-state index is 12.7. The van der Waals surface area contributed by atoms with Crippen LogP contribution in [0, 0.1) is 0 Å². The van der Waals surface area contributed by atoms with Crippen LogP contribution in [0.3, 0.4) is 0 Å². The van der Waals surface area contributed by atoms with E-state index in [9.17, 15) is 14.4 Å². The summed E-state index contributed by atoms with van der Waals surface area (Å²) in [6.07, 6.45) is 0.465. The first-order valence-corrected chi connectivity index (χ1v) is 11.1. The van der Waals surface area contributed by atoms with Gasteiger partial charge in [0.25, 0.3) is 11.1 Å². The van der Waals surface area contributed by atoms with Crippen molar-refractivity contribution >= 4 is 39.8 Å². The maximum absolute atomic E-state index is 12.7. The molecule has 0 aliphatic carbocycles. The van der Waals surface area contributed by atoms with Gasteiger partial charge in [-0.1, -0.05) is 24.3 Å². The molecule has 150 valence electrons. The Morgan fingerprint density at radius 1 is 1.14 bits per heavy atom. The van der Waals surface area contributed by atoms with Crippen LogP contribution in [0.4, 0.5) is 4.79 Å². The number of nitrogens with one attached hydrogen (secondary N) is 1. The first kappa shape index (κ1) is 19.8. The molecule has 0 radical (unpaired) electrons. The first-order chi connectivity index (χ1) is 14.0. The highest BCUT2D eigenvalue weighted by Gasteiger charge is 2.31. The topological polar surface area (TPSA) is 75.7 Å². The molecule has 4 rings (SSSR count). The van der Waals surface area contributed by atoms with Crippen LogP contribution in [0.2, 0.25) is 0 Å². The number of carbonyl (C=O) groups is 3. The Morgan fingerprint density at radius 2 is 1.90 bits per heavy atom. The standard InChI is InChI=1S/C21H20N2O4S2/c1-13(23-12-28-18-5-3-2-4-16(18)19(23)24)11-27-15-8-6-14(7-9-15)10-17-20(25)29-21(26)22-17/h2-9,13,17H,10-12H2,1H3,(H,22,26). The molecular formula is C21H20N2O4S2. The molecule has 0 saturated carbocycles. The number of ether oxygens (including phenoxy) is 1. The zero-order valence-electron chi connectivity index (χ0n) is 15.8. The van der Waals surface area contributed by atoms with E-state index in [2.05, 4.69) is 5.32 Å². The van der Waals surface area contributed by atoms with E-state index in [4.69, 9.17) is 4.74 Å². The summed E-state index contributed by atoms with van der Waals surface area (Å²) in [5.41, 5.74) is 1.69. The quantitative estimate of drug-likeness (QED) is 0.758. The van der Waals surface area contributed by atoms with Crippen LogP contribution in [-0.2, 0) is 11.2 Å².